The van der Waals surface area contributed by atoms with Crippen molar-refractivity contribution in [3.63, 3.8) is 0 Å². The van der Waals surface area contributed by atoms with E-state index in [0.29, 0.717) is 5.56 Å². The molecule has 3 aromatic rings. The van der Waals surface area contributed by atoms with Crippen molar-refractivity contribution in [3.8, 4) is 17.0 Å². The Bertz CT molecular complexity index is 821. The molecule has 0 radical (unpaired) electrons. The second-order valence-electron chi connectivity index (χ2n) is 5.06. The number of fused-ring (bicyclic) bond motifs is 1. The minimum absolute atomic E-state index is 0.649. The zero-order valence-electron chi connectivity index (χ0n) is 12.2. The molecule has 0 amide bonds. The van der Waals surface area contributed by atoms with E-state index in [4.69, 9.17) is 4.74 Å². The number of methoxy groups -OCH3 is 1. The highest BCUT2D eigenvalue weighted by atomic mass is 16.5. The number of aryl methyl sites for hydroxylation is 2. The average molecular weight is 280 g/mol. The SMILES string of the molecule is COc1c(C)cc2c(-c3cnc[nH]3)c(C=O)ccc2c1C. The Hall–Kier alpha value is -2.62. The number of hydrogen-bond donors (Lipinski definition) is 1. The number of aromatic nitrogens is 2. The number of rotatable bonds is 3. The third-order valence-electron chi connectivity index (χ3n) is 3.84. The highest BCUT2D eigenvalue weighted by Gasteiger charge is 2.15. The lowest BCUT2D eigenvalue weighted by atomic mass is 9.93. The van der Waals surface area contributed by atoms with Gasteiger partial charge in [-0.3, -0.25) is 4.79 Å². The summed E-state index contributed by atoms with van der Waals surface area (Å²) in [5.41, 5.74) is 4.49. The summed E-state index contributed by atoms with van der Waals surface area (Å²) in [6, 6.07) is 5.87. The van der Waals surface area contributed by atoms with Gasteiger partial charge in [0.15, 0.2) is 6.29 Å². The summed E-state index contributed by atoms with van der Waals surface area (Å²) in [5.74, 6) is 0.886. The third kappa shape index (κ3) is 2.00. The van der Waals surface area contributed by atoms with E-state index in [2.05, 4.69) is 16.0 Å². The number of benzene rings is 2. The van der Waals surface area contributed by atoms with Crippen LogP contribution in [0.3, 0.4) is 0 Å². The van der Waals surface area contributed by atoms with Crippen LogP contribution in [0, 0.1) is 13.8 Å². The number of imidazole rings is 1. The predicted octanol–water partition coefficient (Wildman–Crippen LogP) is 3.67. The van der Waals surface area contributed by atoms with E-state index in [1.807, 2.05) is 26.0 Å². The van der Waals surface area contributed by atoms with Crippen LogP contribution in [-0.2, 0) is 0 Å². The largest absolute Gasteiger partial charge is 0.496 e. The van der Waals surface area contributed by atoms with Crippen LogP contribution in [0.15, 0.2) is 30.7 Å². The Kier molecular flexibility index (Phi) is 3.22. The number of aromatic amines is 1. The Morgan fingerprint density at radius 1 is 1.24 bits per heavy atom. The maximum atomic E-state index is 11.4. The molecule has 0 spiro atoms. The molecule has 2 aromatic carbocycles. The van der Waals surface area contributed by atoms with Crippen LogP contribution in [-0.4, -0.2) is 23.4 Å². The van der Waals surface area contributed by atoms with Gasteiger partial charge in [0.2, 0.25) is 0 Å². The predicted molar refractivity (Wildman–Crippen MR) is 82.9 cm³/mol. The smallest absolute Gasteiger partial charge is 0.150 e. The summed E-state index contributed by atoms with van der Waals surface area (Å²) in [4.78, 5) is 18.5. The van der Waals surface area contributed by atoms with E-state index in [9.17, 15) is 4.79 Å². The summed E-state index contributed by atoms with van der Waals surface area (Å²) in [6.45, 7) is 4.04. The van der Waals surface area contributed by atoms with Crippen LogP contribution in [0.1, 0.15) is 21.5 Å². The van der Waals surface area contributed by atoms with Crippen LogP contribution in [0.2, 0.25) is 0 Å². The molecule has 0 fully saturated rings. The van der Waals surface area contributed by atoms with Crippen molar-refractivity contribution < 1.29 is 9.53 Å². The number of H-pyrrole nitrogens is 1. The van der Waals surface area contributed by atoms with Gasteiger partial charge in [0, 0.05) is 11.1 Å². The van der Waals surface area contributed by atoms with Crippen LogP contribution >= 0.6 is 0 Å². The molecule has 1 aromatic heterocycles. The van der Waals surface area contributed by atoms with E-state index in [0.717, 1.165) is 45.2 Å². The van der Waals surface area contributed by atoms with Gasteiger partial charge in [0.25, 0.3) is 0 Å². The highest BCUT2D eigenvalue weighted by Crippen LogP contribution is 2.37. The molecule has 0 aliphatic rings. The Labute approximate surface area is 122 Å². The standard InChI is InChI=1S/C17H16N2O2/c1-10-6-14-13(11(2)17(10)21-3)5-4-12(8-20)16(14)15-7-18-9-19-15/h4-9H,1-3H3,(H,18,19). The van der Waals surface area contributed by atoms with E-state index < -0.39 is 0 Å². The van der Waals surface area contributed by atoms with Gasteiger partial charge in [-0.2, -0.15) is 0 Å². The second kappa shape index (κ2) is 5.05. The molecule has 21 heavy (non-hydrogen) atoms. The molecule has 1 heterocycles. The number of nitrogens with zero attached hydrogens (tertiary/aromatic N) is 1. The summed E-state index contributed by atoms with van der Waals surface area (Å²) in [7, 11) is 1.68. The van der Waals surface area contributed by atoms with E-state index in [1.165, 1.54) is 0 Å². The number of nitrogens with one attached hydrogen (secondary N) is 1. The van der Waals surface area contributed by atoms with Crippen molar-refractivity contribution in [2.75, 3.05) is 7.11 Å². The molecule has 3 rings (SSSR count). The van der Waals surface area contributed by atoms with Crippen molar-refractivity contribution in [2.45, 2.75) is 13.8 Å². The van der Waals surface area contributed by atoms with Crippen molar-refractivity contribution >= 4 is 17.1 Å². The van der Waals surface area contributed by atoms with Gasteiger partial charge in [-0.1, -0.05) is 12.1 Å². The van der Waals surface area contributed by atoms with E-state index >= 15 is 0 Å². The molecule has 0 saturated carbocycles. The van der Waals surface area contributed by atoms with Crippen LogP contribution in [0.5, 0.6) is 5.75 Å². The summed E-state index contributed by atoms with van der Waals surface area (Å²) in [6.07, 6.45) is 4.23. The van der Waals surface area contributed by atoms with E-state index in [-0.39, 0.29) is 0 Å². The topological polar surface area (TPSA) is 55.0 Å². The van der Waals surface area contributed by atoms with Crippen molar-refractivity contribution in [3.05, 3.63) is 47.4 Å². The van der Waals surface area contributed by atoms with Gasteiger partial charge in [-0.15, -0.1) is 0 Å². The second-order valence-corrected chi connectivity index (χ2v) is 5.06. The van der Waals surface area contributed by atoms with E-state index in [1.54, 1.807) is 19.6 Å². The number of aldehydes is 1. The third-order valence-corrected chi connectivity index (χ3v) is 3.84. The number of ether oxygens (including phenoxy) is 1. The molecule has 0 atom stereocenters. The van der Waals surface area contributed by atoms with Gasteiger partial charge in [-0.25, -0.2) is 4.98 Å². The summed E-state index contributed by atoms with van der Waals surface area (Å²) in [5, 5.41) is 2.10. The van der Waals surface area contributed by atoms with Crippen LogP contribution in [0.4, 0.5) is 0 Å². The van der Waals surface area contributed by atoms with Crippen LogP contribution in [0.25, 0.3) is 22.0 Å². The minimum Gasteiger partial charge on any atom is -0.496 e. The lowest BCUT2D eigenvalue weighted by Crippen LogP contribution is -1.96. The first kappa shape index (κ1) is 13.4. The fourth-order valence-electron chi connectivity index (χ4n) is 2.92. The molecule has 0 unspecified atom stereocenters. The normalized spacial score (nSPS) is 10.8. The van der Waals surface area contributed by atoms with Gasteiger partial charge >= 0.3 is 0 Å². The first-order chi connectivity index (χ1) is 10.2. The molecule has 0 aliphatic carbocycles. The average Bonchev–Trinajstić information content (AvgIpc) is 3.00. The zero-order chi connectivity index (χ0) is 15.0. The summed E-state index contributed by atoms with van der Waals surface area (Å²) < 4.78 is 5.48. The fourth-order valence-corrected chi connectivity index (χ4v) is 2.92. The fraction of sp³-hybridized carbons (Fsp3) is 0.176. The van der Waals surface area contributed by atoms with Gasteiger partial charge in [0.05, 0.1) is 25.3 Å². The molecule has 0 bridgehead atoms. The first-order valence-corrected chi connectivity index (χ1v) is 6.72. The molecule has 0 saturated heterocycles. The quantitative estimate of drug-likeness (QED) is 0.745. The maximum absolute atomic E-state index is 11.4. The van der Waals surface area contributed by atoms with Crippen LogP contribution < -0.4 is 4.74 Å². The molecular formula is C17H16N2O2. The Morgan fingerprint density at radius 2 is 2.05 bits per heavy atom. The lowest BCUT2D eigenvalue weighted by molar-refractivity contribution is 0.112. The first-order valence-electron chi connectivity index (χ1n) is 6.72. The molecular weight excluding hydrogens is 264 g/mol. The molecule has 106 valence electrons. The molecule has 4 nitrogen and oxygen atoms in total. The number of hydrogen-bond acceptors (Lipinski definition) is 3. The van der Waals surface area contributed by atoms with Gasteiger partial charge in [0.1, 0.15) is 5.75 Å². The Balaban J connectivity index is 2.47. The Morgan fingerprint density at radius 3 is 2.67 bits per heavy atom. The maximum Gasteiger partial charge on any atom is 0.150 e. The molecule has 0 aliphatic heterocycles. The number of carbonyl (C=O) groups excluding carboxylic acids is 1. The lowest BCUT2D eigenvalue weighted by Gasteiger charge is -2.15. The monoisotopic (exact) mass is 280 g/mol. The van der Waals surface area contributed by atoms with Crippen molar-refractivity contribution in [1.82, 2.24) is 9.97 Å². The van der Waals surface area contributed by atoms with Crippen molar-refractivity contribution in [2.24, 2.45) is 0 Å². The molecule has 4 heteroatoms. The number of carbonyl (C=O) groups is 1. The molecule has 1 N–H and O–H groups in total. The van der Waals surface area contributed by atoms with Gasteiger partial charge < -0.3 is 9.72 Å². The minimum atomic E-state index is 0.649. The highest BCUT2D eigenvalue weighted by molar-refractivity contribution is 6.05. The zero-order valence-corrected chi connectivity index (χ0v) is 12.2. The van der Waals surface area contributed by atoms with Gasteiger partial charge in [-0.05, 0) is 41.8 Å². The van der Waals surface area contributed by atoms with Crippen molar-refractivity contribution in [1.29, 1.82) is 0 Å². The summed E-state index contributed by atoms with van der Waals surface area (Å²) >= 11 is 0.